The first kappa shape index (κ1) is 23.7. The van der Waals surface area contributed by atoms with E-state index in [0.29, 0.717) is 0 Å². The maximum Gasteiger partial charge on any atom is 0.303 e. The standard InChI is InChI=1S/C20H24O9S/c1-11(21)25-10-16-17(26-12(2)22)18(27-13(3)23)19(28-14(4)24)20(29-16)30-15-8-6-5-7-9-15/h5-9,16-20H,10H2,1-4H3/t16-,17+,18-,19+,20+/m0/s1. The Hall–Kier alpha value is -2.59. The summed E-state index contributed by atoms with van der Waals surface area (Å²) in [4.78, 5) is 47.3. The predicted molar refractivity (Wildman–Crippen MR) is 104 cm³/mol. The van der Waals surface area contributed by atoms with Gasteiger partial charge in [0.15, 0.2) is 18.3 Å². The molecule has 0 saturated carbocycles. The van der Waals surface area contributed by atoms with E-state index in [0.717, 1.165) is 4.90 Å². The molecule has 0 bridgehead atoms. The van der Waals surface area contributed by atoms with E-state index in [9.17, 15) is 19.2 Å². The molecule has 0 unspecified atom stereocenters. The second kappa shape index (κ2) is 11.0. The Balaban J connectivity index is 2.42. The lowest BCUT2D eigenvalue weighted by Crippen LogP contribution is -2.61. The van der Waals surface area contributed by atoms with Crippen LogP contribution in [-0.2, 0) is 42.9 Å². The summed E-state index contributed by atoms with van der Waals surface area (Å²) in [5.74, 6) is -2.51. The lowest BCUT2D eigenvalue weighted by atomic mass is 9.99. The van der Waals surface area contributed by atoms with Gasteiger partial charge in [-0.25, -0.2) is 0 Å². The van der Waals surface area contributed by atoms with Crippen LogP contribution in [0.5, 0.6) is 0 Å². The Bertz CT molecular complexity index is 767. The Morgan fingerprint density at radius 1 is 0.800 bits per heavy atom. The van der Waals surface area contributed by atoms with Crippen LogP contribution in [0, 0.1) is 0 Å². The fourth-order valence-corrected chi connectivity index (χ4v) is 4.04. The van der Waals surface area contributed by atoms with Crippen LogP contribution in [0.25, 0.3) is 0 Å². The highest BCUT2D eigenvalue weighted by atomic mass is 32.2. The highest BCUT2D eigenvalue weighted by Gasteiger charge is 2.52. The Kier molecular flexibility index (Phi) is 8.67. The van der Waals surface area contributed by atoms with Crippen LogP contribution in [0.1, 0.15) is 27.7 Å². The number of hydrogen-bond donors (Lipinski definition) is 0. The maximum absolute atomic E-state index is 11.8. The SMILES string of the molecule is CC(=O)OC[C@@H]1O[C@H](Sc2ccccc2)[C@H](OC(C)=O)[C@@H](OC(C)=O)[C@@H]1OC(C)=O. The average Bonchev–Trinajstić information content (AvgIpc) is 2.64. The van der Waals surface area contributed by atoms with Gasteiger partial charge in [0.1, 0.15) is 18.1 Å². The highest BCUT2D eigenvalue weighted by Crippen LogP contribution is 2.37. The molecule has 1 aromatic rings. The molecule has 1 aromatic carbocycles. The van der Waals surface area contributed by atoms with Crippen molar-refractivity contribution in [3.8, 4) is 0 Å². The second-order valence-electron chi connectivity index (χ2n) is 6.50. The number of rotatable bonds is 7. The van der Waals surface area contributed by atoms with Crippen LogP contribution in [0.2, 0.25) is 0 Å². The number of carbonyl (C=O) groups is 4. The van der Waals surface area contributed by atoms with E-state index in [1.807, 2.05) is 30.3 Å². The first-order chi connectivity index (χ1) is 14.2. The number of benzene rings is 1. The van der Waals surface area contributed by atoms with Crippen LogP contribution in [-0.4, -0.2) is 60.3 Å². The Labute approximate surface area is 178 Å². The van der Waals surface area contributed by atoms with Crippen molar-refractivity contribution in [3.63, 3.8) is 0 Å². The highest BCUT2D eigenvalue weighted by molar-refractivity contribution is 7.99. The summed E-state index contributed by atoms with van der Waals surface area (Å²) in [6.07, 6.45) is -4.33. The van der Waals surface area contributed by atoms with Crippen molar-refractivity contribution < 1.29 is 42.9 Å². The van der Waals surface area contributed by atoms with Gasteiger partial charge in [-0.3, -0.25) is 19.2 Å². The molecule has 1 aliphatic rings. The third-order valence-corrected chi connectivity index (χ3v) is 5.10. The minimum absolute atomic E-state index is 0.246. The lowest BCUT2D eigenvalue weighted by molar-refractivity contribution is -0.237. The van der Waals surface area contributed by atoms with Crippen molar-refractivity contribution in [2.75, 3.05) is 6.61 Å². The lowest BCUT2D eigenvalue weighted by Gasteiger charge is -2.44. The van der Waals surface area contributed by atoms with Crippen LogP contribution < -0.4 is 0 Å². The number of carbonyl (C=O) groups excluding carboxylic acids is 4. The summed E-state index contributed by atoms with van der Waals surface area (Å²) in [7, 11) is 0. The first-order valence-corrected chi connectivity index (χ1v) is 10.1. The summed E-state index contributed by atoms with van der Waals surface area (Å²) < 4.78 is 27.2. The van der Waals surface area contributed by atoms with Gasteiger partial charge in [0, 0.05) is 32.6 Å². The van der Waals surface area contributed by atoms with Crippen LogP contribution in [0.3, 0.4) is 0 Å². The van der Waals surface area contributed by atoms with Crippen LogP contribution in [0.15, 0.2) is 35.2 Å². The van der Waals surface area contributed by atoms with Gasteiger partial charge in [0.2, 0.25) is 0 Å². The fourth-order valence-electron chi connectivity index (χ4n) is 2.92. The summed E-state index contributed by atoms with van der Waals surface area (Å²) in [5.41, 5.74) is -0.826. The van der Waals surface area contributed by atoms with E-state index in [1.54, 1.807) is 0 Å². The number of thioether (sulfide) groups is 1. The van der Waals surface area contributed by atoms with Gasteiger partial charge in [0.25, 0.3) is 0 Å². The second-order valence-corrected chi connectivity index (χ2v) is 7.67. The predicted octanol–water partition coefficient (Wildman–Crippen LogP) is 1.86. The smallest absolute Gasteiger partial charge is 0.303 e. The monoisotopic (exact) mass is 440 g/mol. The molecule has 0 spiro atoms. The molecule has 0 aliphatic carbocycles. The van der Waals surface area contributed by atoms with E-state index in [-0.39, 0.29) is 6.61 Å². The fraction of sp³-hybridized carbons (Fsp3) is 0.500. The molecule has 1 saturated heterocycles. The molecule has 1 fully saturated rings. The largest absolute Gasteiger partial charge is 0.463 e. The first-order valence-electron chi connectivity index (χ1n) is 9.19. The summed E-state index contributed by atoms with van der Waals surface area (Å²) in [6, 6.07) is 9.16. The van der Waals surface area contributed by atoms with Crippen molar-refractivity contribution >= 4 is 35.6 Å². The average molecular weight is 440 g/mol. The number of ether oxygens (including phenoxy) is 5. The van der Waals surface area contributed by atoms with Gasteiger partial charge < -0.3 is 23.7 Å². The Morgan fingerprint density at radius 3 is 1.87 bits per heavy atom. The molecule has 0 aromatic heterocycles. The van der Waals surface area contributed by atoms with Crippen molar-refractivity contribution in [3.05, 3.63) is 30.3 Å². The van der Waals surface area contributed by atoms with E-state index in [4.69, 9.17) is 23.7 Å². The van der Waals surface area contributed by atoms with Crippen molar-refractivity contribution in [2.45, 2.75) is 62.4 Å². The van der Waals surface area contributed by atoms with Gasteiger partial charge in [-0.15, -0.1) is 0 Å². The summed E-state index contributed by atoms with van der Waals surface area (Å²) >= 11 is 1.23. The number of esters is 4. The topological polar surface area (TPSA) is 114 Å². The van der Waals surface area contributed by atoms with E-state index >= 15 is 0 Å². The van der Waals surface area contributed by atoms with Crippen molar-refractivity contribution in [1.29, 1.82) is 0 Å². The molecular formula is C20H24O9S. The van der Waals surface area contributed by atoms with E-state index in [1.165, 1.54) is 39.5 Å². The quantitative estimate of drug-likeness (QED) is 0.460. The molecule has 0 radical (unpaired) electrons. The van der Waals surface area contributed by atoms with Gasteiger partial charge in [-0.1, -0.05) is 30.0 Å². The third kappa shape index (κ3) is 7.03. The summed E-state index contributed by atoms with van der Waals surface area (Å²) in [5, 5.41) is 0. The Morgan fingerprint density at radius 2 is 1.33 bits per heavy atom. The zero-order valence-electron chi connectivity index (χ0n) is 17.1. The zero-order valence-corrected chi connectivity index (χ0v) is 17.9. The molecule has 9 nitrogen and oxygen atoms in total. The van der Waals surface area contributed by atoms with E-state index in [2.05, 4.69) is 0 Å². The van der Waals surface area contributed by atoms with Gasteiger partial charge in [0.05, 0.1) is 0 Å². The molecule has 164 valence electrons. The van der Waals surface area contributed by atoms with Gasteiger partial charge in [-0.05, 0) is 12.1 Å². The van der Waals surface area contributed by atoms with Crippen molar-refractivity contribution in [2.24, 2.45) is 0 Å². The van der Waals surface area contributed by atoms with Crippen LogP contribution >= 0.6 is 11.8 Å². The zero-order chi connectivity index (χ0) is 22.3. The minimum atomic E-state index is -1.16. The molecule has 2 rings (SSSR count). The molecule has 1 aliphatic heterocycles. The molecule has 30 heavy (non-hydrogen) atoms. The summed E-state index contributed by atoms with van der Waals surface area (Å²) in [6.45, 7) is 4.56. The van der Waals surface area contributed by atoms with E-state index < -0.39 is 53.7 Å². The molecular weight excluding hydrogens is 416 g/mol. The molecule has 10 heteroatoms. The molecule has 1 heterocycles. The van der Waals surface area contributed by atoms with Crippen molar-refractivity contribution in [1.82, 2.24) is 0 Å². The number of hydrogen-bond acceptors (Lipinski definition) is 10. The molecule has 0 N–H and O–H groups in total. The molecule has 0 amide bonds. The molecule has 5 atom stereocenters. The van der Waals surface area contributed by atoms with Crippen LogP contribution in [0.4, 0.5) is 0 Å². The maximum atomic E-state index is 11.8. The minimum Gasteiger partial charge on any atom is -0.463 e. The van der Waals surface area contributed by atoms with Gasteiger partial charge >= 0.3 is 23.9 Å². The normalized spacial score (nSPS) is 25.7. The third-order valence-electron chi connectivity index (χ3n) is 3.94. The van der Waals surface area contributed by atoms with Gasteiger partial charge in [-0.2, -0.15) is 0 Å².